The number of morpholine rings is 1. The van der Waals surface area contributed by atoms with Crippen molar-refractivity contribution in [2.45, 2.75) is 58.3 Å². The molecule has 0 aromatic rings. The van der Waals surface area contributed by atoms with Gasteiger partial charge in [0.2, 0.25) is 0 Å². The average molecular weight is 214 g/mol. The Morgan fingerprint density at radius 2 is 2.20 bits per heavy atom. The third-order valence-electron chi connectivity index (χ3n) is 3.10. The molecular formula is C12H26N2O. The van der Waals surface area contributed by atoms with Gasteiger partial charge < -0.3 is 10.5 Å². The molecular weight excluding hydrogens is 188 g/mol. The van der Waals surface area contributed by atoms with Crippen LogP contribution in [0, 0.1) is 0 Å². The van der Waals surface area contributed by atoms with E-state index < -0.39 is 0 Å². The van der Waals surface area contributed by atoms with Crippen LogP contribution in [-0.2, 0) is 4.74 Å². The van der Waals surface area contributed by atoms with Crippen LogP contribution < -0.4 is 5.73 Å². The highest BCUT2D eigenvalue weighted by atomic mass is 16.5. The molecule has 90 valence electrons. The Kier molecular flexibility index (Phi) is 4.56. The van der Waals surface area contributed by atoms with Crippen molar-refractivity contribution in [2.75, 3.05) is 19.6 Å². The van der Waals surface area contributed by atoms with Gasteiger partial charge in [0, 0.05) is 25.7 Å². The summed E-state index contributed by atoms with van der Waals surface area (Å²) >= 11 is 0. The van der Waals surface area contributed by atoms with Gasteiger partial charge in [-0.25, -0.2) is 0 Å². The second-order valence-electron chi connectivity index (χ2n) is 5.30. The van der Waals surface area contributed by atoms with Crippen molar-refractivity contribution in [3.8, 4) is 0 Å². The van der Waals surface area contributed by atoms with Gasteiger partial charge in [0.15, 0.2) is 0 Å². The number of nitrogens with two attached hydrogens (primary N) is 1. The molecule has 0 aromatic carbocycles. The summed E-state index contributed by atoms with van der Waals surface area (Å²) in [5.41, 5.74) is 5.66. The molecule has 0 saturated carbocycles. The number of hydrogen-bond donors (Lipinski definition) is 1. The van der Waals surface area contributed by atoms with Crippen molar-refractivity contribution in [1.82, 2.24) is 4.90 Å². The van der Waals surface area contributed by atoms with Crippen molar-refractivity contribution in [3.63, 3.8) is 0 Å². The third-order valence-corrected chi connectivity index (χ3v) is 3.10. The largest absolute Gasteiger partial charge is 0.368 e. The molecule has 0 spiro atoms. The van der Waals surface area contributed by atoms with E-state index in [0.717, 1.165) is 13.1 Å². The van der Waals surface area contributed by atoms with Gasteiger partial charge in [0.1, 0.15) is 0 Å². The van der Waals surface area contributed by atoms with Gasteiger partial charge in [0.05, 0.1) is 11.7 Å². The first-order chi connectivity index (χ1) is 6.98. The van der Waals surface area contributed by atoms with E-state index in [1.165, 1.54) is 12.8 Å². The fraction of sp³-hybridized carbons (Fsp3) is 1.00. The van der Waals surface area contributed by atoms with Gasteiger partial charge in [-0.2, -0.15) is 0 Å². The zero-order valence-corrected chi connectivity index (χ0v) is 10.6. The van der Waals surface area contributed by atoms with E-state index in [9.17, 15) is 0 Å². The lowest BCUT2D eigenvalue weighted by atomic mass is 10.0. The molecule has 0 aromatic heterocycles. The van der Waals surface area contributed by atoms with E-state index in [-0.39, 0.29) is 11.7 Å². The summed E-state index contributed by atoms with van der Waals surface area (Å²) in [5, 5.41) is 0. The lowest BCUT2D eigenvalue weighted by molar-refractivity contribution is -0.140. The van der Waals surface area contributed by atoms with Crippen molar-refractivity contribution in [2.24, 2.45) is 5.73 Å². The van der Waals surface area contributed by atoms with Gasteiger partial charge in [-0.15, -0.1) is 0 Å². The second kappa shape index (κ2) is 5.28. The Labute approximate surface area is 94.0 Å². The zero-order chi connectivity index (χ0) is 11.5. The Balaban J connectivity index is 2.57. The summed E-state index contributed by atoms with van der Waals surface area (Å²) in [7, 11) is 0. The molecule has 0 radical (unpaired) electrons. The fourth-order valence-corrected chi connectivity index (χ4v) is 2.40. The van der Waals surface area contributed by atoms with Crippen LogP contribution in [0.4, 0.5) is 0 Å². The van der Waals surface area contributed by atoms with E-state index in [4.69, 9.17) is 10.5 Å². The lowest BCUT2D eigenvalue weighted by Gasteiger charge is -2.45. The van der Waals surface area contributed by atoms with Gasteiger partial charge in [-0.3, -0.25) is 4.90 Å². The number of hydrogen-bond acceptors (Lipinski definition) is 3. The fourth-order valence-electron chi connectivity index (χ4n) is 2.40. The quantitative estimate of drug-likeness (QED) is 0.773. The van der Waals surface area contributed by atoms with E-state index in [1.54, 1.807) is 0 Å². The molecule has 2 unspecified atom stereocenters. The average Bonchev–Trinajstić information content (AvgIpc) is 2.15. The van der Waals surface area contributed by atoms with Crippen molar-refractivity contribution in [3.05, 3.63) is 0 Å². The van der Waals surface area contributed by atoms with E-state index >= 15 is 0 Å². The number of rotatable bonds is 4. The minimum absolute atomic E-state index is 0.0513. The molecule has 3 nitrogen and oxygen atoms in total. The normalized spacial score (nSPS) is 29.0. The van der Waals surface area contributed by atoms with Gasteiger partial charge in [-0.05, 0) is 27.2 Å². The Morgan fingerprint density at radius 3 is 2.73 bits per heavy atom. The Bertz CT molecular complexity index is 194. The molecule has 0 bridgehead atoms. The van der Waals surface area contributed by atoms with E-state index in [0.29, 0.717) is 12.6 Å². The van der Waals surface area contributed by atoms with Gasteiger partial charge in [-0.1, -0.05) is 13.3 Å². The first-order valence-corrected chi connectivity index (χ1v) is 6.10. The molecule has 1 heterocycles. The molecule has 1 rings (SSSR count). The van der Waals surface area contributed by atoms with Crippen molar-refractivity contribution in [1.29, 1.82) is 0 Å². The predicted molar refractivity (Wildman–Crippen MR) is 63.9 cm³/mol. The summed E-state index contributed by atoms with van der Waals surface area (Å²) < 4.78 is 5.91. The molecule has 1 saturated heterocycles. The molecule has 3 heteroatoms. The molecule has 0 amide bonds. The topological polar surface area (TPSA) is 38.5 Å². The maximum absolute atomic E-state index is 5.91. The van der Waals surface area contributed by atoms with E-state index in [2.05, 4.69) is 32.6 Å². The summed E-state index contributed by atoms with van der Waals surface area (Å²) in [6.45, 7) is 11.5. The lowest BCUT2D eigenvalue weighted by Crippen LogP contribution is -2.56. The van der Waals surface area contributed by atoms with Crippen LogP contribution in [0.3, 0.4) is 0 Å². The van der Waals surface area contributed by atoms with Crippen LogP contribution in [0.1, 0.15) is 40.5 Å². The summed E-state index contributed by atoms with van der Waals surface area (Å²) in [6, 6.07) is 0.646. The molecule has 0 aliphatic carbocycles. The highest BCUT2D eigenvalue weighted by Crippen LogP contribution is 2.23. The third kappa shape index (κ3) is 3.74. The number of nitrogens with zero attached hydrogens (tertiary/aromatic N) is 1. The van der Waals surface area contributed by atoms with E-state index in [1.807, 2.05) is 0 Å². The minimum atomic E-state index is -0.0513. The van der Waals surface area contributed by atoms with Crippen LogP contribution >= 0.6 is 0 Å². The minimum Gasteiger partial charge on any atom is -0.368 e. The standard InChI is InChI=1S/C12H26N2O/c1-5-6-10(2)14-8-11(7-13)15-12(3,4)9-14/h10-11H,5-9,13H2,1-4H3. The molecule has 1 aliphatic heterocycles. The predicted octanol–water partition coefficient (Wildman–Crippen LogP) is 1.61. The van der Waals surface area contributed by atoms with Crippen LogP contribution in [-0.4, -0.2) is 42.3 Å². The first kappa shape index (κ1) is 12.9. The zero-order valence-electron chi connectivity index (χ0n) is 10.6. The van der Waals surface area contributed by atoms with Crippen LogP contribution in [0.15, 0.2) is 0 Å². The maximum Gasteiger partial charge on any atom is 0.0831 e. The number of ether oxygens (including phenoxy) is 1. The Morgan fingerprint density at radius 1 is 1.53 bits per heavy atom. The first-order valence-electron chi connectivity index (χ1n) is 6.10. The van der Waals surface area contributed by atoms with Crippen LogP contribution in [0.5, 0.6) is 0 Å². The van der Waals surface area contributed by atoms with Crippen LogP contribution in [0.25, 0.3) is 0 Å². The molecule has 1 aliphatic rings. The SMILES string of the molecule is CCCC(C)N1CC(CN)OC(C)(C)C1. The van der Waals surface area contributed by atoms with Gasteiger partial charge in [0.25, 0.3) is 0 Å². The van der Waals surface area contributed by atoms with Crippen LogP contribution in [0.2, 0.25) is 0 Å². The summed E-state index contributed by atoms with van der Waals surface area (Å²) in [5.74, 6) is 0. The Hall–Kier alpha value is -0.120. The monoisotopic (exact) mass is 214 g/mol. The summed E-state index contributed by atoms with van der Waals surface area (Å²) in [4.78, 5) is 2.52. The van der Waals surface area contributed by atoms with Crippen molar-refractivity contribution < 1.29 is 4.74 Å². The summed E-state index contributed by atoms with van der Waals surface area (Å²) in [6.07, 6.45) is 2.70. The molecule has 2 atom stereocenters. The maximum atomic E-state index is 5.91. The molecule has 1 fully saturated rings. The molecule has 2 N–H and O–H groups in total. The smallest absolute Gasteiger partial charge is 0.0831 e. The molecule has 15 heavy (non-hydrogen) atoms. The van der Waals surface area contributed by atoms with Gasteiger partial charge >= 0.3 is 0 Å². The second-order valence-corrected chi connectivity index (χ2v) is 5.30. The highest BCUT2D eigenvalue weighted by molar-refractivity contribution is 4.86. The highest BCUT2D eigenvalue weighted by Gasteiger charge is 2.34. The van der Waals surface area contributed by atoms with Crippen molar-refractivity contribution >= 4 is 0 Å².